The van der Waals surface area contributed by atoms with Gasteiger partial charge in [-0.1, -0.05) is 0 Å². The summed E-state index contributed by atoms with van der Waals surface area (Å²) in [6, 6.07) is 6.93. The first-order chi connectivity index (χ1) is 12.8. The Kier molecular flexibility index (Phi) is 7.43. The minimum atomic E-state index is -3.56. The average Bonchev–Trinajstić information content (AvgIpc) is 2.67. The molecule has 1 aromatic carbocycles. The number of hydrogen-bond acceptors (Lipinski definition) is 6. The third-order valence-electron chi connectivity index (χ3n) is 4.27. The Labute approximate surface area is 159 Å². The van der Waals surface area contributed by atoms with Crippen LogP contribution >= 0.6 is 0 Å². The zero-order chi connectivity index (χ0) is 19.9. The van der Waals surface area contributed by atoms with E-state index >= 15 is 0 Å². The zero-order valence-electron chi connectivity index (χ0n) is 15.5. The molecule has 2 rings (SSSR count). The molecule has 0 saturated carbocycles. The second kappa shape index (κ2) is 9.56. The van der Waals surface area contributed by atoms with Crippen molar-refractivity contribution in [3.05, 3.63) is 24.3 Å². The molecular weight excluding hydrogens is 374 g/mol. The molecule has 2 amide bonds. The Morgan fingerprint density at radius 1 is 1.15 bits per heavy atom. The molecule has 10 heteroatoms. The van der Waals surface area contributed by atoms with Crippen LogP contribution in [0.15, 0.2) is 24.3 Å². The van der Waals surface area contributed by atoms with Crippen LogP contribution in [0.3, 0.4) is 0 Å². The lowest BCUT2D eigenvalue weighted by Crippen LogP contribution is -2.51. The van der Waals surface area contributed by atoms with Crippen molar-refractivity contribution in [3.8, 4) is 11.5 Å². The highest BCUT2D eigenvalue weighted by Gasteiger charge is 2.25. The number of rotatable bonds is 9. The fraction of sp³-hybridized carbons (Fsp3) is 0.529. The predicted molar refractivity (Wildman–Crippen MR) is 99.1 cm³/mol. The minimum absolute atomic E-state index is 0.0604. The van der Waals surface area contributed by atoms with E-state index in [1.165, 1.54) is 0 Å². The molecule has 0 bridgehead atoms. The molecule has 1 saturated heterocycles. The molecular formula is C17H25N3O6S. The average molecular weight is 399 g/mol. The number of hydrogen-bond donors (Lipinski definition) is 0. The van der Waals surface area contributed by atoms with Crippen molar-refractivity contribution < 1.29 is 27.5 Å². The molecule has 1 heterocycles. The number of carbonyl (C=O) groups is 2. The highest BCUT2D eigenvalue weighted by Crippen LogP contribution is 2.17. The van der Waals surface area contributed by atoms with E-state index in [0.29, 0.717) is 37.7 Å². The van der Waals surface area contributed by atoms with Gasteiger partial charge in [-0.25, -0.2) is 8.42 Å². The topological polar surface area (TPSA) is 96.5 Å². The molecule has 0 atom stereocenters. The second-order valence-electron chi connectivity index (χ2n) is 6.14. The Hall–Kier alpha value is -2.33. The van der Waals surface area contributed by atoms with E-state index in [1.54, 1.807) is 41.2 Å². The maximum absolute atomic E-state index is 12.4. The van der Waals surface area contributed by atoms with Crippen molar-refractivity contribution in [2.75, 3.05) is 59.2 Å². The number of ether oxygens (including phenoxy) is 2. The van der Waals surface area contributed by atoms with Crippen molar-refractivity contribution in [1.82, 2.24) is 14.1 Å². The maximum atomic E-state index is 12.4. The first kappa shape index (κ1) is 21.0. The van der Waals surface area contributed by atoms with Gasteiger partial charge in [0.2, 0.25) is 22.3 Å². The van der Waals surface area contributed by atoms with Crippen molar-refractivity contribution in [3.63, 3.8) is 0 Å². The monoisotopic (exact) mass is 399 g/mol. The molecule has 150 valence electrons. The van der Waals surface area contributed by atoms with Crippen molar-refractivity contribution in [2.24, 2.45) is 0 Å². The lowest BCUT2D eigenvalue weighted by Gasteiger charge is -2.33. The molecule has 9 nitrogen and oxygen atoms in total. The van der Waals surface area contributed by atoms with Crippen LogP contribution in [0.2, 0.25) is 0 Å². The molecule has 0 unspecified atom stereocenters. The Balaban J connectivity index is 1.87. The van der Waals surface area contributed by atoms with Gasteiger partial charge in [0.05, 0.1) is 19.9 Å². The van der Waals surface area contributed by atoms with Crippen LogP contribution in [0.1, 0.15) is 0 Å². The fourth-order valence-corrected chi connectivity index (χ4v) is 3.38. The summed E-state index contributed by atoms with van der Waals surface area (Å²) in [5, 5.41) is 0. The van der Waals surface area contributed by atoms with E-state index in [4.69, 9.17) is 9.47 Å². The molecule has 0 aromatic heterocycles. The third kappa shape index (κ3) is 6.40. The standard InChI is InChI=1S/C17H25N3O6S/c1-25-15-3-5-16(6-4-15)26-12-11-20(27(2,23)24)13-17(22)19-9-7-18(14-21)8-10-19/h3-6,14H,7-13H2,1-2H3. The number of methoxy groups -OCH3 is 1. The highest BCUT2D eigenvalue weighted by molar-refractivity contribution is 7.88. The van der Waals surface area contributed by atoms with Gasteiger partial charge in [0.15, 0.2) is 0 Å². The van der Waals surface area contributed by atoms with Crippen LogP contribution in [-0.4, -0.2) is 94.1 Å². The normalized spacial score (nSPS) is 14.9. The van der Waals surface area contributed by atoms with Gasteiger partial charge in [-0.15, -0.1) is 0 Å². The predicted octanol–water partition coefficient (Wildman–Crippen LogP) is -0.364. The van der Waals surface area contributed by atoms with Crippen LogP contribution in [0.25, 0.3) is 0 Å². The van der Waals surface area contributed by atoms with E-state index in [2.05, 4.69) is 0 Å². The summed E-state index contributed by atoms with van der Waals surface area (Å²) < 4.78 is 35.7. The van der Waals surface area contributed by atoms with Crippen LogP contribution < -0.4 is 9.47 Å². The maximum Gasteiger partial charge on any atom is 0.238 e. The van der Waals surface area contributed by atoms with Crippen molar-refractivity contribution in [1.29, 1.82) is 0 Å². The Bertz CT molecular complexity index is 730. The fourth-order valence-electron chi connectivity index (χ4n) is 2.63. The summed E-state index contributed by atoms with van der Waals surface area (Å²) in [4.78, 5) is 26.3. The van der Waals surface area contributed by atoms with Gasteiger partial charge < -0.3 is 19.3 Å². The largest absolute Gasteiger partial charge is 0.497 e. The third-order valence-corrected chi connectivity index (χ3v) is 5.52. The van der Waals surface area contributed by atoms with Gasteiger partial charge in [-0.2, -0.15) is 4.31 Å². The number of piperazine rings is 1. The van der Waals surface area contributed by atoms with Crippen molar-refractivity contribution >= 4 is 22.3 Å². The van der Waals surface area contributed by atoms with Gasteiger partial charge in [0.25, 0.3) is 0 Å². The molecule has 1 aromatic rings. The summed E-state index contributed by atoms with van der Waals surface area (Å²) >= 11 is 0. The lowest BCUT2D eigenvalue weighted by atomic mass is 10.3. The summed E-state index contributed by atoms with van der Waals surface area (Å²) in [5.74, 6) is 0.997. The van der Waals surface area contributed by atoms with Crippen LogP contribution in [0.5, 0.6) is 11.5 Å². The number of amides is 2. The van der Waals surface area contributed by atoms with Gasteiger partial charge in [0.1, 0.15) is 18.1 Å². The van der Waals surface area contributed by atoms with Gasteiger partial charge in [-0.3, -0.25) is 9.59 Å². The molecule has 0 N–H and O–H groups in total. The number of benzene rings is 1. The van der Waals surface area contributed by atoms with E-state index < -0.39 is 10.0 Å². The van der Waals surface area contributed by atoms with Crippen molar-refractivity contribution in [2.45, 2.75) is 0 Å². The van der Waals surface area contributed by atoms with Gasteiger partial charge in [-0.05, 0) is 24.3 Å². The zero-order valence-corrected chi connectivity index (χ0v) is 16.4. The summed E-state index contributed by atoms with van der Waals surface area (Å²) in [6.07, 6.45) is 1.82. The molecule has 0 spiro atoms. The minimum Gasteiger partial charge on any atom is -0.497 e. The quantitative estimate of drug-likeness (QED) is 0.526. The Morgan fingerprint density at radius 3 is 2.26 bits per heavy atom. The molecule has 1 aliphatic rings. The van der Waals surface area contributed by atoms with Gasteiger partial charge >= 0.3 is 0 Å². The molecule has 0 aliphatic carbocycles. The lowest BCUT2D eigenvalue weighted by molar-refractivity contribution is -0.135. The van der Waals surface area contributed by atoms with Gasteiger partial charge in [0, 0.05) is 32.7 Å². The summed E-state index contributed by atoms with van der Waals surface area (Å²) in [5.41, 5.74) is 0. The number of nitrogens with zero attached hydrogens (tertiary/aromatic N) is 3. The first-order valence-corrected chi connectivity index (χ1v) is 10.4. The molecule has 1 fully saturated rings. The Morgan fingerprint density at radius 2 is 1.74 bits per heavy atom. The first-order valence-electron chi connectivity index (χ1n) is 8.52. The molecule has 27 heavy (non-hydrogen) atoms. The number of sulfonamides is 1. The van der Waals surface area contributed by atoms with E-state index in [1.807, 2.05) is 0 Å². The van der Waals surface area contributed by atoms with E-state index in [9.17, 15) is 18.0 Å². The SMILES string of the molecule is COc1ccc(OCCN(CC(=O)N2CCN(C=O)CC2)S(C)(=O)=O)cc1. The van der Waals surface area contributed by atoms with Crippen LogP contribution in [0.4, 0.5) is 0 Å². The van der Waals surface area contributed by atoms with E-state index in [0.717, 1.165) is 17.0 Å². The smallest absolute Gasteiger partial charge is 0.238 e. The second-order valence-corrected chi connectivity index (χ2v) is 8.13. The number of carbonyl (C=O) groups excluding carboxylic acids is 2. The molecule has 1 aliphatic heterocycles. The van der Waals surface area contributed by atoms with E-state index in [-0.39, 0.29) is 25.6 Å². The van der Waals surface area contributed by atoms with Crippen LogP contribution in [-0.2, 0) is 19.6 Å². The summed E-state index contributed by atoms with van der Waals surface area (Å²) in [7, 11) is -1.99. The van der Waals surface area contributed by atoms with Crippen LogP contribution in [0, 0.1) is 0 Å². The summed E-state index contributed by atoms with van der Waals surface area (Å²) in [6.45, 7) is 1.64. The highest BCUT2D eigenvalue weighted by atomic mass is 32.2. The molecule has 0 radical (unpaired) electrons.